The van der Waals surface area contributed by atoms with Gasteiger partial charge < -0.3 is 11.5 Å². The highest BCUT2D eigenvalue weighted by molar-refractivity contribution is 5.20. The van der Waals surface area contributed by atoms with Gasteiger partial charge in [0.2, 0.25) is 0 Å². The zero-order valence-corrected chi connectivity index (χ0v) is 14.8. The lowest BCUT2D eigenvalue weighted by atomic mass is 9.38. The highest BCUT2D eigenvalue weighted by Gasteiger charge is 2.67. The predicted molar refractivity (Wildman–Crippen MR) is 92.6 cm³/mol. The minimum atomic E-state index is 0.204. The summed E-state index contributed by atoms with van der Waals surface area (Å²) in [6, 6.07) is 0. The van der Waals surface area contributed by atoms with E-state index in [0.29, 0.717) is 10.8 Å². The molecule has 0 aromatic rings. The van der Waals surface area contributed by atoms with Crippen molar-refractivity contribution in [3.05, 3.63) is 0 Å². The van der Waals surface area contributed by atoms with Gasteiger partial charge in [-0.3, -0.25) is 0 Å². The van der Waals surface area contributed by atoms with Gasteiger partial charge in [0, 0.05) is 11.1 Å². The maximum Gasteiger partial charge on any atom is 0.0191 e. The van der Waals surface area contributed by atoms with Gasteiger partial charge in [0.05, 0.1) is 0 Å². The zero-order chi connectivity index (χ0) is 15.7. The van der Waals surface area contributed by atoms with E-state index in [1.54, 1.807) is 0 Å². The Morgan fingerprint density at radius 1 is 0.739 bits per heavy atom. The first-order chi connectivity index (χ1) is 10.8. The maximum absolute atomic E-state index is 6.93. The van der Waals surface area contributed by atoms with Crippen molar-refractivity contribution in [3.8, 4) is 0 Å². The molecule has 7 aliphatic rings. The second kappa shape index (κ2) is 3.85. The molecule has 0 aliphatic heterocycles. The molecule has 0 aromatic heterocycles. The van der Waals surface area contributed by atoms with Gasteiger partial charge in [-0.15, -0.1) is 0 Å². The van der Waals surface area contributed by atoms with Gasteiger partial charge in [0.25, 0.3) is 0 Å². The lowest BCUT2D eigenvalue weighted by Gasteiger charge is -2.68. The van der Waals surface area contributed by atoms with E-state index in [4.69, 9.17) is 11.5 Å². The summed E-state index contributed by atoms with van der Waals surface area (Å²) < 4.78 is 0. The Morgan fingerprint density at radius 3 is 2.13 bits per heavy atom. The van der Waals surface area contributed by atoms with Crippen LogP contribution in [0.3, 0.4) is 0 Å². The highest BCUT2D eigenvalue weighted by atomic mass is 14.9. The van der Waals surface area contributed by atoms with E-state index in [1.807, 2.05) is 0 Å². The summed E-state index contributed by atoms with van der Waals surface area (Å²) in [4.78, 5) is 0. The molecule has 2 nitrogen and oxygen atoms in total. The summed E-state index contributed by atoms with van der Waals surface area (Å²) in [7, 11) is 0. The third-order valence-electron chi connectivity index (χ3n) is 10.0. The summed E-state index contributed by atoms with van der Waals surface area (Å²) in [5, 5.41) is 0. The molecule has 23 heavy (non-hydrogen) atoms. The van der Waals surface area contributed by atoms with Crippen LogP contribution in [-0.4, -0.2) is 11.1 Å². The average molecular weight is 315 g/mol. The van der Waals surface area contributed by atoms with Crippen LogP contribution in [0.4, 0.5) is 0 Å². The van der Waals surface area contributed by atoms with Gasteiger partial charge in [-0.25, -0.2) is 0 Å². The van der Waals surface area contributed by atoms with Gasteiger partial charge in [0.15, 0.2) is 0 Å². The van der Waals surface area contributed by atoms with Crippen molar-refractivity contribution in [1.29, 1.82) is 0 Å². The molecule has 7 rings (SSSR count). The van der Waals surface area contributed by atoms with Crippen LogP contribution in [0.15, 0.2) is 0 Å². The zero-order valence-electron chi connectivity index (χ0n) is 14.8. The van der Waals surface area contributed by atoms with Crippen molar-refractivity contribution in [3.63, 3.8) is 0 Å². The van der Waals surface area contributed by atoms with Crippen LogP contribution < -0.4 is 11.5 Å². The van der Waals surface area contributed by atoms with Gasteiger partial charge >= 0.3 is 0 Å². The van der Waals surface area contributed by atoms with E-state index in [0.717, 1.165) is 29.6 Å². The molecule has 7 fully saturated rings. The van der Waals surface area contributed by atoms with Gasteiger partial charge in [0.1, 0.15) is 0 Å². The van der Waals surface area contributed by atoms with Gasteiger partial charge in [-0.2, -0.15) is 0 Å². The summed E-state index contributed by atoms with van der Waals surface area (Å²) in [6.45, 7) is 2.70. The summed E-state index contributed by atoms with van der Waals surface area (Å²) in [5.41, 5.74) is 15.2. The molecule has 0 spiro atoms. The number of nitrogens with two attached hydrogens (primary N) is 2. The van der Waals surface area contributed by atoms with Crippen LogP contribution in [0.2, 0.25) is 0 Å². The van der Waals surface area contributed by atoms with Crippen molar-refractivity contribution in [2.75, 3.05) is 0 Å². The Hall–Kier alpha value is -0.0800. The first kappa shape index (κ1) is 14.1. The Morgan fingerprint density at radius 2 is 1.43 bits per heavy atom. The molecular weight excluding hydrogens is 280 g/mol. The molecule has 0 heterocycles. The van der Waals surface area contributed by atoms with E-state index in [-0.39, 0.29) is 11.1 Å². The first-order valence-corrected chi connectivity index (χ1v) is 10.4. The monoisotopic (exact) mass is 314 g/mol. The maximum atomic E-state index is 6.93. The van der Waals surface area contributed by atoms with Gasteiger partial charge in [-0.05, 0) is 111 Å². The second-order valence-electron chi connectivity index (χ2n) is 11.7. The largest absolute Gasteiger partial charge is 0.325 e. The van der Waals surface area contributed by atoms with Crippen molar-refractivity contribution >= 4 is 0 Å². The molecule has 7 saturated carbocycles. The molecule has 2 heteroatoms. The lowest BCUT2D eigenvalue weighted by Crippen LogP contribution is -2.65. The Bertz CT molecular complexity index is 550. The third-order valence-corrected chi connectivity index (χ3v) is 10.0. The first-order valence-electron chi connectivity index (χ1n) is 10.4. The highest BCUT2D eigenvalue weighted by Crippen LogP contribution is 2.73. The number of hydrogen-bond acceptors (Lipinski definition) is 2. The topological polar surface area (TPSA) is 52.0 Å². The Kier molecular flexibility index (Phi) is 2.36. The number of fused-ring (bicyclic) bond motifs is 1. The van der Waals surface area contributed by atoms with Crippen molar-refractivity contribution < 1.29 is 0 Å². The van der Waals surface area contributed by atoms with Crippen molar-refractivity contribution in [2.24, 2.45) is 51.9 Å². The molecule has 7 aliphatic carbocycles. The molecule has 0 aromatic carbocycles. The van der Waals surface area contributed by atoms with Crippen molar-refractivity contribution in [2.45, 2.75) is 88.6 Å². The van der Waals surface area contributed by atoms with E-state index in [1.165, 1.54) is 70.6 Å². The number of hydrogen-bond donors (Lipinski definition) is 2. The van der Waals surface area contributed by atoms with E-state index in [2.05, 4.69) is 6.92 Å². The van der Waals surface area contributed by atoms with E-state index < -0.39 is 0 Å². The minimum absolute atomic E-state index is 0.204. The summed E-state index contributed by atoms with van der Waals surface area (Å²) in [6.07, 6.45) is 15.6. The molecule has 0 radical (unpaired) electrons. The minimum Gasteiger partial charge on any atom is -0.325 e. The Labute approximate surface area is 141 Å². The fraction of sp³-hybridized carbons (Fsp3) is 1.00. The lowest BCUT2D eigenvalue weighted by molar-refractivity contribution is -0.156. The van der Waals surface area contributed by atoms with E-state index in [9.17, 15) is 0 Å². The van der Waals surface area contributed by atoms with Crippen LogP contribution in [0, 0.1) is 40.4 Å². The molecular formula is C21H34N2. The quantitative estimate of drug-likeness (QED) is 0.773. The predicted octanol–water partition coefficient (Wildman–Crippen LogP) is 3.83. The number of rotatable bonds is 1. The molecule has 7 atom stereocenters. The fourth-order valence-electron chi connectivity index (χ4n) is 9.87. The smallest absolute Gasteiger partial charge is 0.0191 e. The SMILES string of the molecule is CC1(C23CC4CC(CC(N)(C4)C2)C3)CC2CC3C(CC3(N)C2)C1. The molecule has 4 N–H and O–H groups in total. The van der Waals surface area contributed by atoms with Crippen LogP contribution >= 0.6 is 0 Å². The van der Waals surface area contributed by atoms with Crippen molar-refractivity contribution in [1.82, 2.24) is 0 Å². The fourth-order valence-corrected chi connectivity index (χ4v) is 9.87. The van der Waals surface area contributed by atoms with Gasteiger partial charge in [-0.1, -0.05) is 6.92 Å². The molecule has 7 unspecified atom stereocenters. The molecule has 6 bridgehead atoms. The van der Waals surface area contributed by atoms with Crippen LogP contribution in [0.25, 0.3) is 0 Å². The molecule has 0 saturated heterocycles. The average Bonchev–Trinajstić information content (AvgIpc) is 2.55. The third kappa shape index (κ3) is 1.64. The molecule has 0 amide bonds. The van der Waals surface area contributed by atoms with E-state index >= 15 is 0 Å². The summed E-state index contributed by atoms with van der Waals surface area (Å²) >= 11 is 0. The summed E-state index contributed by atoms with van der Waals surface area (Å²) in [5.74, 6) is 4.64. The Balaban J connectivity index is 1.39. The molecule has 128 valence electrons. The standard InChI is InChI=1S/C21H34N2/c1-18(4-15-3-17-16(10-18)11-21(17,23)9-15)19-5-13-2-14(6-19)8-20(22,7-13)12-19/h13-17H,2-12,22-23H2,1H3. The second-order valence-corrected chi connectivity index (χ2v) is 11.7. The normalized spacial score (nSPS) is 68.7. The van der Waals surface area contributed by atoms with Crippen LogP contribution in [0.1, 0.15) is 77.6 Å². The van der Waals surface area contributed by atoms with Crippen LogP contribution in [-0.2, 0) is 0 Å². The van der Waals surface area contributed by atoms with Crippen LogP contribution in [0.5, 0.6) is 0 Å².